The molecule has 4 heteroatoms. The van der Waals surface area contributed by atoms with Crippen molar-refractivity contribution in [3.63, 3.8) is 0 Å². The van der Waals surface area contributed by atoms with Crippen molar-refractivity contribution in [1.82, 2.24) is 0 Å². The summed E-state index contributed by atoms with van der Waals surface area (Å²) in [4.78, 5) is 11.7. The summed E-state index contributed by atoms with van der Waals surface area (Å²) in [5.74, 6) is -1.00. The van der Waals surface area contributed by atoms with E-state index in [0.717, 1.165) is 12.1 Å². The van der Waals surface area contributed by atoms with Gasteiger partial charge >= 0.3 is 0 Å². The molecule has 0 aliphatic heterocycles. The Morgan fingerprint density at radius 2 is 2.06 bits per heavy atom. The van der Waals surface area contributed by atoms with Crippen LogP contribution in [0.15, 0.2) is 34.9 Å². The lowest BCUT2D eigenvalue weighted by atomic mass is 10.0. The molecule has 1 aromatic carbocycles. The summed E-state index contributed by atoms with van der Waals surface area (Å²) in [5.41, 5.74) is 0.571. The van der Waals surface area contributed by atoms with Gasteiger partial charge in [-0.25, -0.2) is 8.78 Å². The molecule has 0 saturated heterocycles. The second-order valence-electron chi connectivity index (χ2n) is 3.78. The van der Waals surface area contributed by atoms with E-state index < -0.39 is 11.6 Å². The van der Waals surface area contributed by atoms with Gasteiger partial charge in [0, 0.05) is 12.5 Å². The van der Waals surface area contributed by atoms with E-state index in [2.05, 4.69) is 0 Å². The maximum Gasteiger partial charge on any atom is 0.170 e. The zero-order chi connectivity index (χ0) is 12.4. The van der Waals surface area contributed by atoms with Gasteiger partial charge in [-0.2, -0.15) is 0 Å². The van der Waals surface area contributed by atoms with Crippen molar-refractivity contribution in [2.45, 2.75) is 13.3 Å². The molecule has 0 aliphatic rings. The SMILES string of the molecule is Cc1cc(C(=O)Cc2ccc(F)cc2F)co1. The summed E-state index contributed by atoms with van der Waals surface area (Å²) < 4.78 is 31.0. The van der Waals surface area contributed by atoms with Crippen LogP contribution >= 0.6 is 0 Å². The number of ketones is 1. The van der Waals surface area contributed by atoms with Crippen LogP contribution in [0.1, 0.15) is 21.7 Å². The maximum absolute atomic E-state index is 13.3. The van der Waals surface area contributed by atoms with Crippen molar-refractivity contribution in [2.24, 2.45) is 0 Å². The molecule has 0 aliphatic carbocycles. The molecule has 2 nitrogen and oxygen atoms in total. The van der Waals surface area contributed by atoms with Crippen molar-refractivity contribution in [3.05, 3.63) is 59.1 Å². The summed E-state index contributed by atoms with van der Waals surface area (Å²) in [6, 6.07) is 4.76. The molecular formula is C13H10F2O2. The van der Waals surface area contributed by atoms with Gasteiger partial charge in [-0.3, -0.25) is 4.79 Å². The van der Waals surface area contributed by atoms with E-state index >= 15 is 0 Å². The number of rotatable bonds is 3. The van der Waals surface area contributed by atoms with Crippen molar-refractivity contribution >= 4 is 5.78 Å². The number of aryl methyl sites for hydroxylation is 1. The fraction of sp³-hybridized carbons (Fsp3) is 0.154. The van der Waals surface area contributed by atoms with Crippen molar-refractivity contribution in [2.75, 3.05) is 0 Å². The van der Waals surface area contributed by atoms with Crippen LogP contribution in [0.25, 0.3) is 0 Å². The first-order valence-corrected chi connectivity index (χ1v) is 5.08. The number of carbonyl (C=O) groups excluding carboxylic acids is 1. The molecule has 88 valence electrons. The fourth-order valence-corrected chi connectivity index (χ4v) is 1.53. The number of halogens is 2. The third-order valence-electron chi connectivity index (χ3n) is 2.42. The van der Waals surface area contributed by atoms with E-state index in [4.69, 9.17) is 4.42 Å². The Morgan fingerprint density at radius 1 is 1.29 bits per heavy atom. The molecule has 0 saturated carbocycles. The van der Waals surface area contributed by atoms with Crippen LogP contribution in [0.2, 0.25) is 0 Å². The van der Waals surface area contributed by atoms with E-state index in [1.54, 1.807) is 13.0 Å². The first kappa shape index (κ1) is 11.5. The lowest BCUT2D eigenvalue weighted by Crippen LogP contribution is -2.04. The summed E-state index contributed by atoms with van der Waals surface area (Å²) in [6.45, 7) is 1.72. The Kier molecular flexibility index (Phi) is 3.04. The van der Waals surface area contributed by atoms with Crippen LogP contribution in [0.4, 0.5) is 8.78 Å². The molecule has 2 rings (SSSR count). The lowest BCUT2D eigenvalue weighted by molar-refractivity contribution is 0.0991. The highest BCUT2D eigenvalue weighted by Crippen LogP contribution is 2.14. The molecule has 2 aromatic rings. The predicted molar refractivity (Wildman–Crippen MR) is 57.8 cm³/mol. The van der Waals surface area contributed by atoms with Gasteiger partial charge in [0.05, 0.1) is 5.56 Å². The van der Waals surface area contributed by atoms with Crippen LogP contribution < -0.4 is 0 Å². The number of Topliss-reactive ketones (excluding diaryl/α,β-unsaturated/α-hetero) is 1. The zero-order valence-corrected chi connectivity index (χ0v) is 9.17. The van der Waals surface area contributed by atoms with Gasteiger partial charge in [-0.05, 0) is 24.6 Å². The van der Waals surface area contributed by atoms with Crippen molar-refractivity contribution < 1.29 is 18.0 Å². The van der Waals surface area contributed by atoms with Gasteiger partial charge in [-0.1, -0.05) is 6.07 Å². The largest absolute Gasteiger partial charge is 0.469 e. The van der Waals surface area contributed by atoms with Crippen LogP contribution in [0.3, 0.4) is 0 Å². The highest BCUT2D eigenvalue weighted by molar-refractivity contribution is 5.97. The third kappa shape index (κ3) is 2.58. The summed E-state index contributed by atoms with van der Waals surface area (Å²) >= 11 is 0. The quantitative estimate of drug-likeness (QED) is 0.765. The summed E-state index contributed by atoms with van der Waals surface area (Å²) in [6.07, 6.45) is 1.23. The Morgan fingerprint density at radius 3 is 2.65 bits per heavy atom. The number of furan rings is 1. The Bertz CT molecular complexity index is 558. The Hall–Kier alpha value is -1.97. The molecule has 0 bridgehead atoms. The molecule has 1 aromatic heterocycles. The molecule has 0 N–H and O–H groups in total. The van der Waals surface area contributed by atoms with E-state index in [1.165, 1.54) is 12.3 Å². The van der Waals surface area contributed by atoms with Crippen LogP contribution in [0, 0.1) is 18.6 Å². The monoisotopic (exact) mass is 236 g/mol. The molecule has 1 heterocycles. The highest BCUT2D eigenvalue weighted by atomic mass is 19.1. The molecule has 0 atom stereocenters. The molecule has 0 unspecified atom stereocenters. The van der Waals surface area contributed by atoms with Crippen molar-refractivity contribution in [3.8, 4) is 0 Å². The minimum Gasteiger partial charge on any atom is -0.469 e. The lowest BCUT2D eigenvalue weighted by Gasteiger charge is -2.01. The average molecular weight is 236 g/mol. The molecular weight excluding hydrogens is 226 g/mol. The smallest absolute Gasteiger partial charge is 0.170 e. The minimum atomic E-state index is -0.710. The third-order valence-corrected chi connectivity index (χ3v) is 2.42. The maximum atomic E-state index is 13.3. The zero-order valence-electron chi connectivity index (χ0n) is 9.17. The van der Waals surface area contributed by atoms with Crippen LogP contribution in [-0.2, 0) is 6.42 Å². The highest BCUT2D eigenvalue weighted by Gasteiger charge is 2.12. The van der Waals surface area contributed by atoms with E-state index in [0.29, 0.717) is 11.3 Å². The average Bonchev–Trinajstić information content (AvgIpc) is 2.69. The molecule has 0 spiro atoms. The topological polar surface area (TPSA) is 30.2 Å². The van der Waals surface area contributed by atoms with E-state index in [1.807, 2.05) is 0 Å². The fourth-order valence-electron chi connectivity index (χ4n) is 1.53. The van der Waals surface area contributed by atoms with Gasteiger partial charge in [0.15, 0.2) is 5.78 Å². The molecule has 0 amide bonds. The predicted octanol–water partition coefficient (Wildman–Crippen LogP) is 3.29. The first-order chi connectivity index (χ1) is 8.06. The van der Waals surface area contributed by atoms with E-state index in [9.17, 15) is 13.6 Å². The standard InChI is InChI=1S/C13H10F2O2/c1-8-4-10(7-17-8)13(16)5-9-2-3-11(14)6-12(9)15/h2-4,6-7H,5H2,1H3. The normalized spacial score (nSPS) is 10.5. The minimum absolute atomic E-state index is 0.106. The second-order valence-corrected chi connectivity index (χ2v) is 3.78. The van der Waals surface area contributed by atoms with Gasteiger partial charge in [0.25, 0.3) is 0 Å². The second kappa shape index (κ2) is 4.49. The van der Waals surface area contributed by atoms with Gasteiger partial charge in [0.2, 0.25) is 0 Å². The Labute approximate surface area is 96.9 Å². The number of carbonyl (C=O) groups is 1. The van der Waals surface area contributed by atoms with Gasteiger partial charge in [0.1, 0.15) is 23.7 Å². The summed E-state index contributed by atoms with van der Waals surface area (Å²) in [5, 5.41) is 0. The number of benzene rings is 1. The number of hydrogen-bond acceptors (Lipinski definition) is 2. The molecule has 17 heavy (non-hydrogen) atoms. The van der Waals surface area contributed by atoms with Crippen LogP contribution in [-0.4, -0.2) is 5.78 Å². The van der Waals surface area contributed by atoms with Crippen molar-refractivity contribution in [1.29, 1.82) is 0 Å². The van der Waals surface area contributed by atoms with Gasteiger partial charge in [-0.15, -0.1) is 0 Å². The molecule has 0 radical (unpaired) electrons. The summed E-state index contributed by atoms with van der Waals surface area (Å²) in [7, 11) is 0. The first-order valence-electron chi connectivity index (χ1n) is 5.08. The Balaban J connectivity index is 2.18. The van der Waals surface area contributed by atoms with Gasteiger partial charge < -0.3 is 4.42 Å². The van der Waals surface area contributed by atoms with E-state index in [-0.39, 0.29) is 17.8 Å². The number of hydrogen-bond donors (Lipinski definition) is 0. The van der Waals surface area contributed by atoms with Crippen LogP contribution in [0.5, 0.6) is 0 Å². The molecule has 0 fully saturated rings.